The zero-order chi connectivity index (χ0) is 11.1. The van der Waals surface area contributed by atoms with E-state index in [1.165, 1.54) is 0 Å². The Morgan fingerprint density at radius 2 is 1.73 bits per heavy atom. The molecule has 0 amide bonds. The first kappa shape index (κ1) is 11.4. The van der Waals surface area contributed by atoms with Crippen molar-refractivity contribution in [2.45, 2.75) is 44.7 Å². The molecule has 2 unspecified atom stereocenters. The van der Waals surface area contributed by atoms with E-state index >= 15 is 0 Å². The maximum absolute atomic E-state index is 11.4. The van der Waals surface area contributed by atoms with Crippen LogP contribution in [0.1, 0.15) is 32.6 Å². The second kappa shape index (κ2) is 4.03. The molecule has 2 fully saturated rings. The number of nitrogens with one attached hydrogen (secondary N) is 1. The van der Waals surface area contributed by atoms with Crippen LogP contribution in [0, 0.1) is 11.8 Å². The van der Waals surface area contributed by atoms with Crippen molar-refractivity contribution >= 4 is 10.0 Å². The van der Waals surface area contributed by atoms with E-state index in [1.54, 1.807) is 6.92 Å². The summed E-state index contributed by atoms with van der Waals surface area (Å²) in [5.74, 6) is 1.49. The average molecular weight is 232 g/mol. The summed E-state index contributed by atoms with van der Waals surface area (Å²) in [7, 11) is -3.03. The summed E-state index contributed by atoms with van der Waals surface area (Å²) in [5, 5.41) is 0. The van der Waals surface area contributed by atoms with Crippen LogP contribution in [0.2, 0.25) is 0 Å². The third-order valence-corrected chi connectivity index (χ3v) is 5.23. The zero-order valence-electron chi connectivity index (χ0n) is 9.15. The van der Waals surface area contributed by atoms with Crippen molar-refractivity contribution in [2.24, 2.45) is 17.6 Å². The van der Waals surface area contributed by atoms with Gasteiger partial charge in [-0.05, 0) is 44.4 Å². The van der Waals surface area contributed by atoms with Gasteiger partial charge in [-0.1, -0.05) is 0 Å². The largest absolute Gasteiger partial charge is 0.328 e. The van der Waals surface area contributed by atoms with Gasteiger partial charge in [-0.3, -0.25) is 0 Å². The molecule has 2 aliphatic rings. The summed E-state index contributed by atoms with van der Waals surface area (Å²) < 4.78 is 25.6. The van der Waals surface area contributed by atoms with Gasteiger partial charge in [-0.25, -0.2) is 13.1 Å². The van der Waals surface area contributed by atoms with Crippen molar-refractivity contribution < 1.29 is 8.42 Å². The van der Waals surface area contributed by atoms with E-state index < -0.39 is 10.0 Å². The van der Waals surface area contributed by atoms with Crippen LogP contribution in [0.25, 0.3) is 0 Å². The van der Waals surface area contributed by atoms with Gasteiger partial charge in [-0.15, -0.1) is 0 Å². The Kier molecular flexibility index (Phi) is 3.05. The maximum Gasteiger partial charge on any atom is 0.211 e. The van der Waals surface area contributed by atoms with Crippen molar-refractivity contribution in [3.05, 3.63) is 0 Å². The molecule has 0 aromatic carbocycles. The van der Waals surface area contributed by atoms with Gasteiger partial charge in [0.2, 0.25) is 10.0 Å². The monoisotopic (exact) mass is 232 g/mol. The highest BCUT2D eigenvalue weighted by Gasteiger charge is 2.41. The smallest absolute Gasteiger partial charge is 0.211 e. The van der Waals surface area contributed by atoms with Crippen LogP contribution < -0.4 is 10.5 Å². The standard InChI is InChI=1S/C10H20N2O2S/c1-2-15(13,14)12-10-5-7-3-9(11)4-8(7)6-10/h7-10,12H,2-6,11H2,1H3. The fourth-order valence-electron chi connectivity index (χ4n) is 3.10. The van der Waals surface area contributed by atoms with Crippen molar-refractivity contribution in [1.29, 1.82) is 0 Å². The van der Waals surface area contributed by atoms with Crippen LogP contribution in [0.15, 0.2) is 0 Å². The third-order valence-electron chi connectivity index (χ3n) is 3.78. The van der Waals surface area contributed by atoms with Gasteiger partial charge >= 0.3 is 0 Å². The lowest BCUT2D eigenvalue weighted by Crippen LogP contribution is -2.34. The van der Waals surface area contributed by atoms with E-state index in [0.29, 0.717) is 17.9 Å². The number of hydrogen-bond donors (Lipinski definition) is 2. The Hall–Kier alpha value is -0.130. The molecule has 88 valence electrons. The molecule has 0 aliphatic heterocycles. The zero-order valence-corrected chi connectivity index (χ0v) is 9.96. The molecule has 0 bridgehead atoms. The van der Waals surface area contributed by atoms with Crippen LogP contribution in [0.4, 0.5) is 0 Å². The summed E-state index contributed by atoms with van der Waals surface area (Å²) in [4.78, 5) is 0. The van der Waals surface area contributed by atoms with E-state index in [2.05, 4.69) is 4.72 Å². The van der Waals surface area contributed by atoms with Crippen LogP contribution in [-0.4, -0.2) is 26.3 Å². The van der Waals surface area contributed by atoms with Crippen molar-refractivity contribution in [3.63, 3.8) is 0 Å². The Morgan fingerprint density at radius 1 is 1.20 bits per heavy atom. The summed E-state index contributed by atoms with van der Waals surface area (Å²) in [5.41, 5.74) is 5.89. The molecule has 3 N–H and O–H groups in total. The fraction of sp³-hybridized carbons (Fsp3) is 1.00. The van der Waals surface area contributed by atoms with Gasteiger partial charge in [0.1, 0.15) is 0 Å². The SMILES string of the molecule is CCS(=O)(=O)NC1CC2CC(N)CC2C1. The maximum atomic E-state index is 11.4. The molecular weight excluding hydrogens is 212 g/mol. The highest BCUT2D eigenvalue weighted by molar-refractivity contribution is 7.89. The Labute approximate surface area is 91.7 Å². The quantitative estimate of drug-likeness (QED) is 0.741. The van der Waals surface area contributed by atoms with Gasteiger partial charge in [-0.2, -0.15) is 0 Å². The molecule has 0 aromatic heterocycles. The topological polar surface area (TPSA) is 72.2 Å². The molecule has 0 spiro atoms. The lowest BCUT2D eigenvalue weighted by molar-refractivity contribution is 0.457. The van der Waals surface area contributed by atoms with Gasteiger partial charge in [0, 0.05) is 12.1 Å². The minimum atomic E-state index is -3.03. The van der Waals surface area contributed by atoms with Crippen LogP contribution in [-0.2, 0) is 10.0 Å². The molecule has 2 aliphatic carbocycles. The van der Waals surface area contributed by atoms with Gasteiger partial charge in [0.05, 0.1) is 5.75 Å². The summed E-state index contributed by atoms with van der Waals surface area (Å²) in [6, 6.07) is 0.515. The fourth-order valence-corrected chi connectivity index (χ4v) is 3.96. The van der Waals surface area contributed by atoms with E-state index in [4.69, 9.17) is 5.73 Å². The van der Waals surface area contributed by atoms with E-state index in [9.17, 15) is 8.42 Å². The lowest BCUT2D eigenvalue weighted by Gasteiger charge is -2.13. The number of sulfonamides is 1. The molecule has 0 saturated heterocycles. The molecule has 0 radical (unpaired) electrons. The van der Waals surface area contributed by atoms with Crippen LogP contribution in [0.3, 0.4) is 0 Å². The Balaban J connectivity index is 1.90. The number of rotatable bonds is 3. The predicted octanol–water partition coefficient (Wildman–Crippen LogP) is 0.442. The van der Waals surface area contributed by atoms with Crippen LogP contribution >= 0.6 is 0 Å². The second-order valence-electron chi connectivity index (χ2n) is 4.94. The highest BCUT2D eigenvalue weighted by Crippen LogP contribution is 2.43. The first-order chi connectivity index (χ1) is 7.00. The molecule has 2 saturated carbocycles. The molecule has 4 nitrogen and oxygen atoms in total. The minimum Gasteiger partial charge on any atom is -0.328 e. The Bertz CT molecular complexity index is 314. The lowest BCUT2D eigenvalue weighted by atomic mass is 10.0. The minimum absolute atomic E-state index is 0.164. The summed E-state index contributed by atoms with van der Waals surface area (Å²) in [6.45, 7) is 1.67. The number of hydrogen-bond acceptors (Lipinski definition) is 3. The Morgan fingerprint density at radius 3 is 2.20 bits per heavy atom. The summed E-state index contributed by atoms with van der Waals surface area (Å²) >= 11 is 0. The number of nitrogens with two attached hydrogens (primary N) is 1. The normalized spacial score (nSPS) is 40.7. The highest BCUT2D eigenvalue weighted by atomic mass is 32.2. The van der Waals surface area contributed by atoms with Gasteiger partial charge < -0.3 is 5.73 Å². The molecule has 2 rings (SSSR count). The second-order valence-corrected chi connectivity index (χ2v) is 6.98. The van der Waals surface area contributed by atoms with Crippen molar-refractivity contribution in [1.82, 2.24) is 4.72 Å². The van der Waals surface area contributed by atoms with Crippen molar-refractivity contribution in [2.75, 3.05) is 5.75 Å². The molecule has 0 aromatic rings. The molecule has 0 heterocycles. The van der Waals surface area contributed by atoms with Gasteiger partial charge in [0.15, 0.2) is 0 Å². The molecule has 2 atom stereocenters. The van der Waals surface area contributed by atoms with E-state index in [-0.39, 0.29) is 11.8 Å². The van der Waals surface area contributed by atoms with Crippen LogP contribution in [0.5, 0.6) is 0 Å². The summed E-state index contributed by atoms with van der Waals surface area (Å²) in [6.07, 6.45) is 4.12. The van der Waals surface area contributed by atoms with Gasteiger partial charge in [0.25, 0.3) is 0 Å². The van der Waals surface area contributed by atoms with Crippen molar-refractivity contribution in [3.8, 4) is 0 Å². The number of fused-ring (bicyclic) bond motifs is 1. The van der Waals surface area contributed by atoms with E-state index in [1.807, 2.05) is 0 Å². The van der Waals surface area contributed by atoms with E-state index in [0.717, 1.165) is 25.7 Å². The first-order valence-corrected chi connectivity index (χ1v) is 7.41. The first-order valence-electron chi connectivity index (χ1n) is 5.75. The molecule has 5 heteroatoms. The molecule has 15 heavy (non-hydrogen) atoms. The molecular formula is C10H20N2O2S. The average Bonchev–Trinajstić information content (AvgIpc) is 2.60. The third kappa shape index (κ3) is 2.52. The predicted molar refractivity (Wildman–Crippen MR) is 59.8 cm³/mol.